The number of carbonyl (C=O) groups excluding carboxylic acids is 1. The van der Waals surface area contributed by atoms with Crippen LogP contribution in [0.25, 0.3) is 32.9 Å². The molecule has 0 bridgehead atoms. The number of amides is 1. The Balaban J connectivity index is 1.31. The van der Waals surface area contributed by atoms with Crippen LogP contribution in [0.2, 0.25) is 0 Å². The fraction of sp³-hybridized carbons (Fsp3) is 0.486. The van der Waals surface area contributed by atoms with Crippen LogP contribution in [0.5, 0.6) is 5.75 Å². The highest BCUT2D eigenvalue weighted by Gasteiger charge is 2.25. The minimum absolute atomic E-state index is 0.0104. The van der Waals surface area contributed by atoms with E-state index in [0.717, 1.165) is 77.7 Å². The van der Waals surface area contributed by atoms with Gasteiger partial charge in [0.2, 0.25) is 0 Å². The number of fused-ring (bicyclic) bond motifs is 2. The molecule has 0 aliphatic carbocycles. The van der Waals surface area contributed by atoms with Crippen molar-refractivity contribution < 1.29 is 14.3 Å². The first-order valence-corrected chi connectivity index (χ1v) is 15.6. The van der Waals surface area contributed by atoms with E-state index in [4.69, 9.17) is 14.6 Å². The fourth-order valence-electron chi connectivity index (χ4n) is 6.23. The number of nitrogens with zero attached hydrogens (tertiary/aromatic N) is 3. The van der Waals surface area contributed by atoms with Gasteiger partial charge in [0.25, 0.3) is 5.91 Å². The molecule has 4 aromatic rings. The molecule has 222 valence electrons. The predicted octanol–water partition coefficient (Wildman–Crippen LogP) is 7.19. The van der Waals surface area contributed by atoms with Crippen LogP contribution in [-0.4, -0.2) is 59.5 Å². The molecular weight excluding hydrogens is 524 g/mol. The molecule has 42 heavy (non-hydrogen) atoms. The molecule has 2 atom stereocenters. The van der Waals surface area contributed by atoms with E-state index in [9.17, 15) is 4.79 Å². The molecule has 3 heterocycles. The lowest BCUT2D eigenvalue weighted by Gasteiger charge is -2.23. The normalized spacial score (nSPS) is 19.9. The Morgan fingerprint density at radius 2 is 1.86 bits per heavy atom. The molecule has 2 aliphatic heterocycles. The number of rotatable bonds is 8. The van der Waals surface area contributed by atoms with Crippen LogP contribution in [0.1, 0.15) is 76.4 Å². The highest BCUT2D eigenvalue weighted by Crippen LogP contribution is 2.35. The van der Waals surface area contributed by atoms with Crippen molar-refractivity contribution in [1.82, 2.24) is 20.0 Å². The Hall–Kier alpha value is -3.42. The maximum Gasteiger partial charge on any atom is 0.251 e. The average molecular weight is 569 g/mol. The van der Waals surface area contributed by atoms with Gasteiger partial charge in [-0.05, 0) is 97.8 Å². The third-order valence-corrected chi connectivity index (χ3v) is 8.61. The summed E-state index contributed by atoms with van der Waals surface area (Å²) in [5, 5.41) is 11.4. The van der Waals surface area contributed by atoms with Crippen molar-refractivity contribution in [2.45, 2.75) is 72.1 Å². The Kier molecular flexibility index (Phi) is 8.24. The molecule has 7 nitrogen and oxygen atoms in total. The van der Waals surface area contributed by atoms with E-state index in [1.54, 1.807) is 0 Å². The van der Waals surface area contributed by atoms with Crippen LogP contribution >= 0.6 is 0 Å². The summed E-state index contributed by atoms with van der Waals surface area (Å²) in [5.74, 6) is 0.846. The number of ether oxygens (including phenoxy) is 2. The monoisotopic (exact) mass is 568 g/mol. The Bertz CT molecular complexity index is 1560. The van der Waals surface area contributed by atoms with Gasteiger partial charge in [0.05, 0.1) is 5.52 Å². The summed E-state index contributed by atoms with van der Waals surface area (Å²) in [5.41, 5.74) is 3.53. The van der Waals surface area contributed by atoms with Crippen LogP contribution in [0.4, 0.5) is 0 Å². The van der Waals surface area contributed by atoms with Crippen LogP contribution in [-0.2, 0) is 4.74 Å². The summed E-state index contributed by atoms with van der Waals surface area (Å²) in [7, 11) is 0. The van der Waals surface area contributed by atoms with Crippen LogP contribution in [0.15, 0.2) is 54.6 Å². The van der Waals surface area contributed by atoms with Crippen molar-refractivity contribution >= 4 is 27.6 Å². The van der Waals surface area contributed by atoms with Crippen molar-refractivity contribution in [3.05, 3.63) is 60.2 Å². The number of likely N-dealkylation sites (tertiary alicyclic amines) is 1. The highest BCUT2D eigenvalue weighted by molar-refractivity contribution is 6.02. The van der Waals surface area contributed by atoms with Gasteiger partial charge in [-0.3, -0.25) is 9.69 Å². The molecule has 6 rings (SSSR count). The Morgan fingerprint density at radius 3 is 2.64 bits per heavy atom. The van der Waals surface area contributed by atoms with Crippen LogP contribution in [0, 0.1) is 5.41 Å². The number of benzene rings is 3. The first-order valence-electron chi connectivity index (χ1n) is 15.6. The van der Waals surface area contributed by atoms with Gasteiger partial charge in [0, 0.05) is 35.7 Å². The fourth-order valence-corrected chi connectivity index (χ4v) is 6.23. The topological polar surface area (TPSA) is 68.6 Å². The van der Waals surface area contributed by atoms with Crippen molar-refractivity contribution in [3.63, 3.8) is 0 Å². The van der Waals surface area contributed by atoms with E-state index >= 15 is 0 Å². The summed E-state index contributed by atoms with van der Waals surface area (Å²) in [4.78, 5) is 15.6. The van der Waals surface area contributed by atoms with Gasteiger partial charge in [0.15, 0.2) is 6.23 Å². The number of nitrogens with one attached hydrogen (secondary N) is 1. The van der Waals surface area contributed by atoms with Crippen LogP contribution < -0.4 is 10.1 Å². The first kappa shape index (κ1) is 28.7. The molecule has 2 fully saturated rings. The second-order valence-corrected chi connectivity index (χ2v) is 13.0. The van der Waals surface area contributed by atoms with Gasteiger partial charge in [-0.1, -0.05) is 45.9 Å². The second kappa shape index (κ2) is 12.1. The average Bonchev–Trinajstić information content (AvgIpc) is 3.62. The number of hydrogen-bond acceptors (Lipinski definition) is 5. The predicted molar refractivity (Wildman–Crippen MR) is 169 cm³/mol. The third-order valence-electron chi connectivity index (χ3n) is 8.61. The molecule has 1 aromatic heterocycles. The molecule has 2 aliphatic rings. The van der Waals surface area contributed by atoms with E-state index in [0.29, 0.717) is 18.2 Å². The van der Waals surface area contributed by atoms with Gasteiger partial charge < -0.3 is 14.8 Å². The van der Waals surface area contributed by atoms with Crippen molar-refractivity contribution in [2.75, 3.05) is 32.8 Å². The van der Waals surface area contributed by atoms with Crippen molar-refractivity contribution in [3.8, 4) is 17.0 Å². The molecular formula is C35H44N4O3. The van der Waals surface area contributed by atoms with Gasteiger partial charge >= 0.3 is 0 Å². The first-order chi connectivity index (χ1) is 20.3. The minimum atomic E-state index is -0.0979. The Labute approximate surface area is 249 Å². The van der Waals surface area contributed by atoms with Gasteiger partial charge in [-0.2, -0.15) is 5.10 Å². The molecule has 7 heteroatoms. The minimum Gasteiger partial charge on any atom is -0.492 e. The maximum atomic E-state index is 13.1. The summed E-state index contributed by atoms with van der Waals surface area (Å²) in [6.45, 7) is 12.9. The highest BCUT2D eigenvalue weighted by atomic mass is 16.5. The quantitative estimate of drug-likeness (QED) is 0.244. The van der Waals surface area contributed by atoms with Gasteiger partial charge in [-0.25, -0.2) is 4.68 Å². The standard InChI is InChI=1S/C35H44N4O3/c1-5-38-17-8-9-28(38)22-42-29-15-13-24-19-26(12-11-25(24)20-29)33-30-21-27(34(40)36-23-35(2,3)4)14-16-31(30)39(37-33)32-10-6-7-18-41-32/h11-16,19-21,28,32H,5-10,17-18,22-23H2,1-4H3,(H,36,40)/t28?,32-/m0/s1. The lowest BCUT2D eigenvalue weighted by atomic mass is 9.97. The largest absolute Gasteiger partial charge is 0.492 e. The van der Waals surface area contributed by atoms with Gasteiger partial charge in [0.1, 0.15) is 18.1 Å². The SMILES string of the molecule is CCN1CCCC1COc1ccc2cc(-c3nn([C@@H]4CCCCO4)c4ccc(C(=O)NCC(C)(C)C)cc34)ccc2c1. The van der Waals surface area contributed by atoms with Crippen molar-refractivity contribution in [1.29, 1.82) is 0 Å². The summed E-state index contributed by atoms with van der Waals surface area (Å²) in [6.07, 6.45) is 5.49. The Morgan fingerprint density at radius 1 is 1.02 bits per heavy atom. The summed E-state index contributed by atoms with van der Waals surface area (Å²) < 4.78 is 14.4. The number of aromatic nitrogens is 2. The molecule has 0 spiro atoms. The zero-order valence-corrected chi connectivity index (χ0v) is 25.5. The molecule has 2 saturated heterocycles. The molecule has 1 amide bonds. The van der Waals surface area contributed by atoms with E-state index in [1.165, 1.54) is 19.4 Å². The summed E-state index contributed by atoms with van der Waals surface area (Å²) in [6, 6.07) is 19.2. The molecule has 0 radical (unpaired) electrons. The number of hydrogen-bond donors (Lipinski definition) is 1. The van der Waals surface area contributed by atoms with E-state index < -0.39 is 0 Å². The number of carbonyl (C=O) groups is 1. The lowest BCUT2D eigenvalue weighted by Crippen LogP contribution is -2.33. The van der Waals surface area contributed by atoms with Crippen LogP contribution in [0.3, 0.4) is 0 Å². The van der Waals surface area contributed by atoms with Gasteiger partial charge in [-0.15, -0.1) is 0 Å². The second-order valence-electron chi connectivity index (χ2n) is 13.0. The summed E-state index contributed by atoms with van der Waals surface area (Å²) >= 11 is 0. The molecule has 1 N–H and O–H groups in total. The van der Waals surface area contributed by atoms with E-state index in [1.807, 2.05) is 22.9 Å². The number of likely N-dealkylation sites (N-methyl/N-ethyl adjacent to an activating group) is 1. The molecule has 1 unspecified atom stereocenters. The zero-order valence-electron chi connectivity index (χ0n) is 25.5. The molecule has 0 saturated carbocycles. The molecule has 3 aromatic carbocycles. The third kappa shape index (κ3) is 6.18. The zero-order chi connectivity index (χ0) is 29.3. The smallest absolute Gasteiger partial charge is 0.251 e. The van der Waals surface area contributed by atoms with Crippen molar-refractivity contribution in [2.24, 2.45) is 5.41 Å². The maximum absolute atomic E-state index is 13.1. The van der Waals surface area contributed by atoms with E-state index in [-0.39, 0.29) is 17.6 Å². The lowest BCUT2D eigenvalue weighted by molar-refractivity contribution is -0.0365. The van der Waals surface area contributed by atoms with E-state index in [2.05, 4.69) is 74.3 Å².